The van der Waals surface area contributed by atoms with Crippen LogP contribution in [0.15, 0.2) is 24.3 Å². The lowest BCUT2D eigenvalue weighted by Crippen LogP contribution is -2.07. The molecule has 0 amide bonds. The summed E-state index contributed by atoms with van der Waals surface area (Å²) in [5.74, 6) is -0.822. The van der Waals surface area contributed by atoms with Gasteiger partial charge in [-0.15, -0.1) is 0 Å². The largest absolute Gasteiger partial charge is 0.426 e. The number of esters is 3. The Kier molecular flexibility index (Phi) is 3.84. The summed E-state index contributed by atoms with van der Waals surface area (Å²) < 4.78 is 14.9. The van der Waals surface area contributed by atoms with E-state index < -0.39 is 11.9 Å². The fraction of sp³-hybridized carbons (Fsp3) is 0.214. The van der Waals surface area contributed by atoms with Gasteiger partial charge in [0.2, 0.25) is 0 Å². The number of cyclic esters (lactones) is 1. The number of hydrogen-bond donors (Lipinski definition) is 0. The molecule has 0 saturated heterocycles. The quantitative estimate of drug-likeness (QED) is 0.619. The van der Waals surface area contributed by atoms with Crippen LogP contribution in [0, 0.1) is 0 Å². The van der Waals surface area contributed by atoms with Crippen LogP contribution in [0.5, 0.6) is 11.5 Å². The van der Waals surface area contributed by atoms with Crippen molar-refractivity contribution in [3.8, 4) is 11.5 Å². The highest BCUT2D eigenvalue weighted by atomic mass is 16.6. The summed E-state index contributed by atoms with van der Waals surface area (Å²) in [4.78, 5) is 33.1. The van der Waals surface area contributed by atoms with Gasteiger partial charge in [0.05, 0.1) is 6.42 Å². The summed E-state index contributed by atoms with van der Waals surface area (Å²) >= 11 is 0. The molecule has 0 unspecified atom stereocenters. The van der Waals surface area contributed by atoms with Crippen LogP contribution < -0.4 is 9.47 Å². The third kappa shape index (κ3) is 3.23. The van der Waals surface area contributed by atoms with Crippen molar-refractivity contribution in [1.82, 2.24) is 0 Å². The molecule has 1 aromatic rings. The van der Waals surface area contributed by atoms with Crippen molar-refractivity contribution < 1.29 is 28.6 Å². The maximum absolute atomic E-state index is 11.1. The molecule has 20 heavy (non-hydrogen) atoms. The predicted octanol–water partition coefficient (Wildman–Crippen LogP) is 1.82. The molecule has 2 rings (SSSR count). The molecule has 0 saturated carbocycles. The Hall–Kier alpha value is -2.63. The third-order valence-electron chi connectivity index (χ3n) is 2.41. The van der Waals surface area contributed by atoms with E-state index in [0.717, 1.165) is 0 Å². The van der Waals surface area contributed by atoms with Gasteiger partial charge in [0.15, 0.2) is 11.5 Å². The van der Waals surface area contributed by atoms with E-state index in [-0.39, 0.29) is 23.9 Å². The first-order chi connectivity index (χ1) is 9.45. The molecule has 0 fully saturated rings. The smallest absolute Gasteiger partial charge is 0.315 e. The number of ether oxygens (including phenoxy) is 3. The standard InChI is InChI=1S/C14H12O6/c1-8(15)18-12-4-3-10(7-13(12)19-9(2)16)11-5-6-14(17)20-11/h3-5,7H,6H2,1-2H3. The van der Waals surface area contributed by atoms with E-state index in [2.05, 4.69) is 0 Å². The van der Waals surface area contributed by atoms with Crippen molar-refractivity contribution in [2.75, 3.05) is 0 Å². The fourth-order valence-corrected chi connectivity index (χ4v) is 1.69. The molecule has 104 valence electrons. The summed E-state index contributed by atoms with van der Waals surface area (Å²) in [5.41, 5.74) is 0.558. The average molecular weight is 276 g/mol. The minimum absolute atomic E-state index is 0.0917. The second-order valence-electron chi connectivity index (χ2n) is 4.10. The first-order valence-corrected chi connectivity index (χ1v) is 5.88. The van der Waals surface area contributed by atoms with E-state index in [1.165, 1.54) is 26.0 Å². The van der Waals surface area contributed by atoms with Crippen LogP contribution in [0.2, 0.25) is 0 Å². The Morgan fingerprint density at radius 1 is 1.10 bits per heavy atom. The van der Waals surface area contributed by atoms with Crippen LogP contribution in [0.1, 0.15) is 25.8 Å². The lowest BCUT2D eigenvalue weighted by Gasteiger charge is -2.10. The molecular weight excluding hydrogens is 264 g/mol. The number of hydrogen-bond acceptors (Lipinski definition) is 6. The molecule has 1 heterocycles. The number of carbonyl (C=O) groups is 3. The zero-order chi connectivity index (χ0) is 14.7. The number of carbonyl (C=O) groups excluding carboxylic acids is 3. The van der Waals surface area contributed by atoms with Crippen molar-refractivity contribution in [2.24, 2.45) is 0 Å². The summed E-state index contributed by atoms with van der Waals surface area (Å²) in [7, 11) is 0. The van der Waals surface area contributed by atoms with Crippen molar-refractivity contribution in [1.29, 1.82) is 0 Å². The number of benzene rings is 1. The normalized spacial score (nSPS) is 13.5. The van der Waals surface area contributed by atoms with Crippen molar-refractivity contribution in [3.05, 3.63) is 29.8 Å². The van der Waals surface area contributed by atoms with E-state index >= 15 is 0 Å². The Labute approximate surface area is 114 Å². The minimum Gasteiger partial charge on any atom is -0.426 e. The third-order valence-corrected chi connectivity index (χ3v) is 2.41. The summed E-state index contributed by atoms with van der Waals surface area (Å²) in [6.07, 6.45) is 1.82. The van der Waals surface area contributed by atoms with E-state index in [1.54, 1.807) is 12.1 Å². The van der Waals surface area contributed by atoms with Crippen LogP contribution in [-0.4, -0.2) is 17.9 Å². The van der Waals surface area contributed by atoms with Gasteiger partial charge in [-0.2, -0.15) is 0 Å². The Morgan fingerprint density at radius 3 is 2.30 bits per heavy atom. The SMILES string of the molecule is CC(=O)Oc1ccc(C2=CCC(=O)O2)cc1OC(C)=O. The minimum atomic E-state index is -0.548. The molecular formula is C14H12O6. The van der Waals surface area contributed by atoms with E-state index in [4.69, 9.17) is 14.2 Å². The molecule has 0 aromatic heterocycles. The molecule has 0 N–H and O–H groups in total. The molecule has 6 nitrogen and oxygen atoms in total. The van der Waals surface area contributed by atoms with Gasteiger partial charge in [0, 0.05) is 19.4 Å². The van der Waals surface area contributed by atoms with Crippen molar-refractivity contribution in [2.45, 2.75) is 20.3 Å². The van der Waals surface area contributed by atoms with Gasteiger partial charge in [-0.05, 0) is 24.3 Å². The second-order valence-corrected chi connectivity index (χ2v) is 4.10. The average Bonchev–Trinajstić information content (AvgIpc) is 2.77. The van der Waals surface area contributed by atoms with Crippen LogP contribution in [-0.2, 0) is 19.1 Å². The first kappa shape index (κ1) is 13.8. The van der Waals surface area contributed by atoms with Crippen LogP contribution in [0.4, 0.5) is 0 Å². The molecule has 6 heteroatoms. The molecule has 0 spiro atoms. The molecule has 0 aliphatic carbocycles. The topological polar surface area (TPSA) is 78.9 Å². The Bertz CT molecular complexity index is 614. The van der Waals surface area contributed by atoms with Gasteiger partial charge >= 0.3 is 17.9 Å². The van der Waals surface area contributed by atoms with Crippen molar-refractivity contribution in [3.63, 3.8) is 0 Å². The van der Waals surface area contributed by atoms with E-state index in [0.29, 0.717) is 11.3 Å². The van der Waals surface area contributed by atoms with Gasteiger partial charge in [-0.1, -0.05) is 0 Å². The summed E-state index contributed by atoms with van der Waals surface area (Å²) in [6.45, 7) is 2.48. The highest BCUT2D eigenvalue weighted by molar-refractivity contribution is 5.86. The highest BCUT2D eigenvalue weighted by Crippen LogP contribution is 2.33. The first-order valence-electron chi connectivity index (χ1n) is 5.88. The number of rotatable bonds is 3. The maximum atomic E-state index is 11.1. The zero-order valence-corrected chi connectivity index (χ0v) is 11.0. The van der Waals surface area contributed by atoms with Crippen molar-refractivity contribution >= 4 is 23.7 Å². The van der Waals surface area contributed by atoms with E-state index in [1.807, 2.05) is 0 Å². The fourth-order valence-electron chi connectivity index (χ4n) is 1.69. The van der Waals surface area contributed by atoms with Gasteiger partial charge in [-0.25, -0.2) is 0 Å². The lowest BCUT2D eigenvalue weighted by molar-refractivity contribution is -0.134. The molecule has 1 aliphatic heterocycles. The highest BCUT2D eigenvalue weighted by Gasteiger charge is 2.19. The van der Waals surface area contributed by atoms with Crippen LogP contribution in [0.25, 0.3) is 5.76 Å². The molecule has 1 aromatic carbocycles. The van der Waals surface area contributed by atoms with Gasteiger partial charge < -0.3 is 14.2 Å². The van der Waals surface area contributed by atoms with Gasteiger partial charge in [-0.3, -0.25) is 14.4 Å². The van der Waals surface area contributed by atoms with Gasteiger partial charge in [0.1, 0.15) is 5.76 Å². The maximum Gasteiger partial charge on any atom is 0.315 e. The summed E-state index contributed by atoms with van der Waals surface area (Å²) in [5, 5.41) is 0. The Morgan fingerprint density at radius 2 is 1.75 bits per heavy atom. The van der Waals surface area contributed by atoms with E-state index in [9.17, 15) is 14.4 Å². The summed E-state index contributed by atoms with van der Waals surface area (Å²) in [6, 6.07) is 4.56. The van der Waals surface area contributed by atoms with Crippen LogP contribution in [0.3, 0.4) is 0 Å². The molecule has 1 aliphatic rings. The van der Waals surface area contributed by atoms with Crippen LogP contribution >= 0.6 is 0 Å². The molecule has 0 atom stereocenters. The second kappa shape index (κ2) is 5.56. The monoisotopic (exact) mass is 276 g/mol. The Balaban J connectivity index is 2.35. The predicted molar refractivity (Wildman–Crippen MR) is 67.7 cm³/mol. The molecule has 0 radical (unpaired) electrons. The van der Waals surface area contributed by atoms with Gasteiger partial charge in [0.25, 0.3) is 0 Å². The lowest BCUT2D eigenvalue weighted by atomic mass is 10.1. The zero-order valence-electron chi connectivity index (χ0n) is 11.0. The molecule has 0 bridgehead atoms.